The molecule has 86 valence electrons. The fourth-order valence-electron chi connectivity index (χ4n) is 1.22. The molecule has 1 aromatic rings. The highest BCUT2D eigenvalue weighted by atomic mass is 32.1. The van der Waals surface area contributed by atoms with Gasteiger partial charge < -0.3 is 11.1 Å². The lowest BCUT2D eigenvalue weighted by Crippen LogP contribution is -2.26. The van der Waals surface area contributed by atoms with Crippen molar-refractivity contribution in [1.29, 1.82) is 0 Å². The molecule has 0 fully saturated rings. The molecule has 1 aromatic heterocycles. The van der Waals surface area contributed by atoms with E-state index >= 15 is 0 Å². The number of nitrogens with one attached hydrogen (secondary N) is 1. The summed E-state index contributed by atoms with van der Waals surface area (Å²) in [5.41, 5.74) is 6.66. The largest absolute Gasteiger partial charge is 0.375 e. The van der Waals surface area contributed by atoms with Gasteiger partial charge in [-0.1, -0.05) is 20.8 Å². The predicted octanol–water partition coefficient (Wildman–Crippen LogP) is 2.15. The minimum atomic E-state index is 0.667. The molecule has 0 bridgehead atoms. The Morgan fingerprint density at radius 3 is 2.73 bits per heavy atom. The van der Waals surface area contributed by atoms with Crippen molar-refractivity contribution >= 4 is 16.5 Å². The van der Waals surface area contributed by atoms with Crippen molar-refractivity contribution in [2.75, 3.05) is 18.8 Å². The summed E-state index contributed by atoms with van der Waals surface area (Å²) in [5, 5.41) is 6.15. The molecular formula is C11H21N3S. The molecular weight excluding hydrogens is 206 g/mol. The SMILES string of the molecule is CC(C)C(C)CNCCc1csc(N)n1. The summed E-state index contributed by atoms with van der Waals surface area (Å²) in [6.45, 7) is 8.86. The molecule has 4 heteroatoms. The normalized spacial score (nSPS) is 13.3. The third-order valence-electron chi connectivity index (χ3n) is 2.73. The van der Waals surface area contributed by atoms with Gasteiger partial charge in [0.1, 0.15) is 0 Å². The fourth-order valence-corrected chi connectivity index (χ4v) is 1.82. The number of thiazole rings is 1. The summed E-state index contributed by atoms with van der Waals surface area (Å²) in [7, 11) is 0. The zero-order chi connectivity index (χ0) is 11.3. The molecule has 0 aliphatic rings. The van der Waals surface area contributed by atoms with E-state index in [-0.39, 0.29) is 0 Å². The van der Waals surface area contributed by atoms with E-state index in [1.165, 1.54) is 11.3 Å². The summed E-state index contributed by atoms with van der Waals surface area (Å²) in [6, 6.07) is 0. The molecule has 15 heavy (non-hydrogen) atoms. The van der Waals surface area contributed by atoms with Gasteiger partial charge in [0.05, 0.1) is 5.69 Å². The van der Waals surface area contributed by atoms with Crippen LogP contribution in [0.15, 0.2) is 5.38 Å². The van der Waals surface area contributed by atoms with Crippen LogP contribution in [0, 0.1) is 11.8 Å². The second-order valence-electron chi connectivity index (χ2n) is 4.35. The first-order chi connectivity index (χ1) is 7.09. The second-order valence-corrected chi connectivity index (χ2v) is 5.24. The first-order valence-corrected chi connectivity index (χ1v) is 6.38. The average molecular weight is 227 g/mol. The van der Waals surface area contributed by atoms with Crippen LogP contribution in [0.1, 0.15) is 26.5 Å². The maximum absolute atomic E-state index is 5.56. The van der Waals surface area contributed by atoms with Crippen LogP contribution in [0.4, 0.5) is 5.13 Å². The molecule has 0 amide bonds. The molecule has 0 saturated heterocycles. The molecule has 0 aromatic carbocycles. The second kappa shape index (κ2) is 6.08. The maximum Gasteiger partial charge on any atom is 0.180 e. The van der Waals surface area contributed by atoms with E-state index in [4.69, 9.17) is 5.73 Å². The predicted molar refractivity (Wildman–Crippen MR) is 67.1 cm³/mol. The van der Waals surface area contributed by atoms with Gasteiger partial charge >= 0.3 is 0 Å². The van der Waals surface area contributed by atoms with Gasteiger partial charge in [0.25, 0.3) is 0 Å². The van der Waals surface area contributed by atoms with Crippen molar-refractivity contribution < 1.29 is 0 Å². The van der Waals surface area contributed by atoms with Crippen molar-refractivity contribution in [3.8, 4) is 0 Å². The lowest BCUT2D eigenvalue weighted by atomic mass is 9.98. The van der Waals surface area contributed by atoms with Gasteiger partial charge in [0, 0.05) is 18.3 Å². The first-order valence-electron chi connectivity index (χ1n) is 5.50. The lowest BCUT2D eigenvalue weighted by Gasteiger charge is -2.15. The highest BCUT2D eigenvalue weighted by Gasteiger charge is 2.06. The molecule has 1 heterocycles. The van der Waals surface area contributed by atoms with Gasteiger partial charge in [-0.15, -0.1) is 11.3 Å². The minimum absolute atomic E-state index is 0.667. The van der Waals surface area contributed by atoms with Gasteiger partial charge in [-0.05, 0) is 18.4 Å². The fraction of sp³-hybridized carbons (Fsp3) is 0.727. The minimum Gasteiger partial charge on any atom is -0.375 e. The monoisotopic (exact) mass is 227 g/mol. The number of aromatic nitrogens is 1. The standard InChI is InChI=1S/C11H21N3S/c1-8(2)9(3)6-13-5-4-10-7-15-11(12)14-10/h7-9,13H,4-6H2,1-3H3,(H2,12,14). The van der Waals surface area contributed by atoms with Crippen LogP contribution in [-0.2, 0) is 6.42 Å². The number of nitrogens with zero attached hydrogens (tertiary/aromatic N) is 1. The summed E-state index contributed by atoms with van der Waals surface area (Å²) < 4.78 is 0. The zero-order valence-electron chi connectivity index (χ0n) is 9.79. The van der Waals surface area contributed by atoms with Crippen LogP contribution in [0.2, 0.25) is 0 Å². The molecule has 1 unspecified atom stereocenters. The maximum atomic E-state index is 5.56. The van der Waals surface area contributed by atoms with Crippen molar-refractivity contribution in [3.05, 3.63) is 11.1 Å². The van der Waals surface area contributed by atoms with Gasteiger partial charge in [-0.2, -0.15) is 0 Å². The summed E-state index contributed by atoms with van der Waals surface area (Å²) >= 11 is 1.51. The molecule has 3 nitrogen and oxygen atoms in total. The summed E-state index contributed by atoms with van der Waals surface area (Å²) in [4.78, 5) is 4.22. The topological polar surface area (TPSA) is 50.9 Å². The molecule has 1 atom stereocenters. The van der Waals surface area contributed by atoms with E-state index < -0.39 is 0 Å². The van der Waals surface area contributed by atoms with Crippen LogP contribution in [0.3, 0.4) is 0 Å². The van der Waals surface area contributed by atoms with Crippen molar-refractivity contribution in [1.82, 2.24) is 10.3 Å². The number of hydrogen-bond acceptors (Lipinski definition) is 4. The Bertz CT molecular complexity index is 283. The smallest absolute Gasteiger partial charge is 0.180 e. The molecule has 0 spiro atoms. The van der Waals surface area contributed by atoms with E-state index in [0.29, 0.717) is 5.13 Å². The molecule has 3 N–H and O–H groups in total. The molecule has 1 rings (SSSR count). The quantitative estimate of drug-likeness (QED) is 0.732. The summed E-state index contributed by atoms with van der Waals surface area (Å²) in [5.74, 6) is 1.47. The Morgan fingerprint density at radius 2 is 2.20 bits per heavy atom. The van der Waals surface area contributed by atoms with Crippen LogP contribution >= 0.6 is 11.3 Å². The lowest BCUT2D eigenvalue weighted by molar-refractivity contribution is 0.394. The van der Waals surface area contributed by atoms with Gasteiger partial charge in [0.15, 0.2) is 5.13 Å². The highest BCUT2D eigenvalue weighted by molar-refractivity contribution is 7.13. The number of nitrogen functional groups attached to an aromatic ring is 1. The highest BCUT2D eigenvalue weighted by Crippen LogP contribution is 2.11. The molecule has 0 aliphatic heterocycles. The van der Waals surface area contributed by atoms with Crippen molar-refractivity contribution in [3.63, 3.8) is 0 Å². The van der Waals surface area contributed by atoms with Crippen LogP contribution in [-0.4, -0.2) is 18.1 Å². The first kappa shape index (κ1) is 12.5. The van der Waals surface area contributed by atoms with Crippen LogP contribution in [0.25, 0.3) is 0 Å². The van der Waals surface area contributed by atoms with Gasteiger partial charge in [0.2, 0.25) is 0 Å². The van der Waals surface area contributed by atoms with E-state index in [1.54, 1.807) is 0 Å². The number of anilines is 1. The number of nitrogens with two attached hydrogens (primary N) is 1. The van der Waals surface area contributed by atoms with Crippen LogP contribution < -0.4 is 11.1 Å². The van der Waals surface area contributed by atoms with Crippen molar-refractivity contribution in [2.24, 2.45) is 11.8 Å². The number of rotatable bonds is 6. The Labute approximate surface area is 96.1 Å². The Morgan fingerprint density at radius 1 is 1.47 bits per heavy atom. The Hall–Kier alpha value is -0.610. The van der Waals surface area contributed by atoms with E-state index in [1.807, 2.05) is 5.38 Å². The van der Waals surface area contributed by atoms with E-state index in [2.05, 4.69) is 31.1 Å². The molecule has 0 saturated carbocycles. The van der Waals surface area contributed by atoms with Gasteiger partial charge in [-0.25, -0.2) is 4.98 Å². The molecule has 0 aliphatic carbocycles. The average Bonchev–Trinajstić information content (AvgIpc) is 2.58. The zero-order valence-corrected chi connectivity index (χ0v) is 10.6. The van der Waals surface area contributed by atoms with E-state index in [9.17, 15) is 0 Å². The third-order valence-corrected chi connectivity index (χ3v) is 3.45. The summed E-state index contributed by atoms with van der Waals surface area (Å²) in [6.07, 6.45) is 0.971. The third kappa shape index (κ3) is 4.62. The Kier molecular flexibility index (Phi) is 5.05. The van der Waals surface area contributed by atoms with Gasteiger partial charge in [-0.3, -0.25) is 0 Å². The van der Waals surface area contributed by atoms with Crippen molar-refractivity contribution in [2.45, 2.75) is 27.2 Å². The molecule has 0 radical (unpaired) electrons. The van der Waals surface area contributed by atoms with E-state index in [0.717, 1.165) is 37.0 Å². The Balaban J connectivity index is 2.12. The van der Waals surface area contributed by atoms with Crippen LogP contribution in [0.5, 0.6) is 0 Å². The number of hydrogen-bond donors (Lipinski definition) is 2.